The van der Waals surface area contributed by atoms with Gasteiger partial charge in [0.25, 0.3) is 5.56 Å². The van der Waals surface area contributed by atoms with Crippen molar-refractivity contribution in [1.29, 1.82) is 0 Å². The average Bonchev–Trinajstić information content (AvgIpc) is 2.49. The van der Waals surface area contributed by atoms with Gasteiger partial charge in [0.15, 0.2) is 0 Å². The number of nitrogens with two attached hydrogens (primary N) is 1. The second-order valence-corrected chi connectivity index (χ2v) is 5.63. The van der Waals surface area contributed by atoms with Gasteiger partial charge in [-0.2, -0.15) is 0 Å². The summed E-state index contributed by atoms with van der Waals surface area (Å²) >= 11 is 0. The number of aromatic amines is 1. The molecule has 0 bridgehead atoms. The smallest absolute Gasteiger partial charge is 0.276 e. The maximum atomic E-state index is 12.1. The Bertz CT molecular complexity index is 689. The summed E-state index contributed by atoms with van der Waals surface area (Å²) in [6.45, 7) is 6.28. The monoisotopic (exact) mass is 299 g/mol. The molecule has 3 rings (SSSR count). The first-order valence-electron chi connectivity index (χ1n) is 7.51. The minimum Gasteiger partial charge on any atom is -0.369 e. The van der Waals surface area contributed by atoms with Gasteiger partial charge >= 0.3 is 0 Å². The first kappa shape index (κ1) is 14.6. The third-order valence-corrected chi connectivity index (χ3v) is 4.03. The van der Waals surface area contributed by atoms with E-state index >= 15 is 0 Å². The number of hydrogen-bond donors (Lipinski definition) is 2. The highest BCUT2D eigenvalue weighted by Gasteiger charge is 2.21. The lowest BCUT2D eigenvalue weighted by Crippen LogP contribution is -2.47. The molecule has 116 valence electrons. The zero-order valence-electron chi connectivity index (χ0n) is 12.7. The number of nitrogens with one attached hydrogen (secondary N) is 1. The molecule has 3 N–H and O–H groups in total. The second-order valence-electron chi connectivity index (χ2n) is 5.63. The molecule has 2 heterocycles. The van der Waals surface area contributed by atoms with Crippen molar-refractivity contribution in [2.45, 2.75) is 13.5 Å². The van der Waals surface area contributed by atoms with E-state index in [1.54, 1.807) is 0 Å². The zero-order valence-corrected chi connectivity index (χ0v) is 12.7. The van der Waals surface area contributed by atoms with Gasteiger partial charge < -0.3 is 10.6 Å². The van der Waals surface area contributed by atoms with Crippen LogP contribution in [-0.2, 0) is 6.54 Å². The van der Waals surface area contributed by atoms with Gasteiger partial charge in [0.1, 0.15) is 5.69 Å². The zero-order chi connectivity index (χ0) is 15.5. The number of aromatic nitrogens is 2. The largest absolute Gasteiger partial charge is 0.369 e. The Kier molecular flexibility index (Phi) is 4.11. The number of H-pyrrole nitrogens is 1. The number of piperazine rings is 1. The van der Waals surface area contributed by atoms with Crippen LogP contribution in [0.2, 0.25) is 0 Å². The summed E-state index contributed by atoms with van der Waals surface area (Å²) < 4.78 is 0. The van der Waals surface area contributed by atoms with Crippen LogP contribution < -0.4 is 16.2 Å². The van der Waals surface area contributed by atoms with Crippen LogP contribution in [0.15, 0.2) is 35.1 Å². The number of nitrogen functional groups attached to an aromatic ring is 1. The van der Waals surface area contributed by atoms with E-state index in [-0.39, 0.29) is 11.5 Å². The molecule has 22 heavy (non-hydrogen) atoms. The number of hydrogen-bond acceptors (Lipinski definition) is 5. The van der Waals surface area contributed by atoms with E-state index in [2.05, 4.69) is 44.0 Å². The van der Waals surface area contributed by atoms with Crippen LogP contribution >= 0.6 is 0 Å². The van der Waals surface area contributed by atoms with E-state index in [1.165, 1.54) is 5.56 Å². The highest BCUT2D eigenvalue weighted by molar-refractivity contribution is 5.50. The third-order valence-electron chi connectivity index (χ3n) is 4.03. The number of benzene rings is 1. The Morgan fingerprint density at radius 3 is 2.50 bits per heavy atom. The number of aryl methyl sites for hydroxylation is 1. The quantitative estimate of drug-likeness (QED) is 0.883. The molecular weight excluding hydrogens is 278 g/mol. The lowest BCUT2D eigenvalue weighted by atomic mass is 10.2. The topological polar surface area (TPSA) is 78.2 Å². The predicted octanol–water partition coefficient (Wildman–Crippen LogP) is 0.983. The van der Waals surface area contributed by atoms with Crippen molar-refractivity contribution in [2.75, 3.05) is 36.8 Å². The van der Waals surface area contributed by atoms with Crippen LogP contribution in [0.25, 0.3) is 0 Å². The molecule has 0 amide bonds. The number of rotatable bonds is 3. The first-order valence-corrected chi connectivity index (χ1v) is 7.51. The maximum absolute atomic E-state index is 12.1. The number of nitrogens with zero attached hydrogens (tertiary/aromatic N) is 3. The molecule has 0 unspecified atom stereocenters. The minimum atomic E-state index is -0.151. The molecule has 1 fully saturated rings. The Balaban J connectivity index is 1.66. The van der Waals surface area contributed by atoms with Crippen LogP contribution in [-0.4, -0.2) is 41.0 Å². The van der Waals surface area contributed by atoms with Gasteiger partial charge in [0.2, 0.25) is 5.95 Å². The molecule has 1 aromatic heterocycles. The minimum absolute atomic E-state index is 0.151. The van der Waals surface area contributed by atoms with Gasteiger partial charge in [-0.1, -0.05) is 30.3 Å². The standard InChI is InChI=1S/C16H21N5O/c1-12-14(15(22)19-16(17)18-12)21-9-7-20(8-10-21)11-13-5-3-2-4-6-13/h2-6H,7-11H2,1H3,(H3,17,18,19,22). The first-order chi connectivity index (χ1) is 10.6. The van der Waals surface area contributed by atoms with E-state index in [4.69, 9.17) is 5.73 Å². The van der Waals surface area contributed by atoms with Crippen molar-refractivity contribution >= 4 is 11.6 Å². The third kappa shape index (κ3) is 3.12. The maximum Gasteiger partial charge on any atom is 0.276 e. The summed E-state index contributed by atoms with van der Waals surface area (Å²) in [7, 11) is 0. The molecule has 0 saturated carbocycles. The van der Waals surface area contributed by atoms with Crippen LogP contribution in [0, 0.1) is 6.92 Å². The Hall–Kier alpha value is -2.34. The average molecular weight is 299 g/mol. The van der Waals surface area contributed by atoms with Crippen molar-refractivity contribution in [1.82, 2.24) is 14.9 Å². The SMILES string of the molecule is Cc1nc(N)[nH]c(=O)c1N1CCN(Cc2ccccc2)CC1. The van der Waals surface area contributed by atoms with Gasteiger partial charge in [0.05, 0.1) is 5.69 Å². The molecule has 0 aliphatic carbocycles. The molecule has 1 aliphatic heterocycles. The van der Waals surface area contributed by atoms with Crippen molar-refractivity contribution in [3.05, 3.63) is 51.9 Å². The summed E-state index contributed by atoms with van der Waals surface area (Å²) in [4.78, 5) is 23.4. The van der Waals surface area contributed by atoms with E-state index < -0.39 is 0 Å². The van der Waals surface area contributed by atoms with Crippen molar-refractivity contribution < 1.29 is 0 Å². The Labute approximate surface area is 129 Å². The number of anilines is 2. The highest BCUT2D eigenvalue weighted by atomic mass is 16.1. The highest BCUT2D eigenvalue weighted by Crippen LogP contribution is 2.16. The predicted molar refractivity (Wildman–Crippen MR) is 87.9 cm³/mol. The van der Waals surface area contributed by atoms with E-state index in [1.807, 2.05) is 13.0 Å². The van der Waals surface area contributed by atoms with Crippen molar-refractivity contribution in [2.24, 2.45) is 0 Å². The fraction of sp³-hybridized carbons (Fsp3) is 0.375. The lowest BCUT2D eigenvalue weighted by Gasteiger charge is -2.36. The fourth-order valence-electron chi connectivity index (χ4n) is 2.95. The summed E-state index contributed by atoms with van der Waals surface area (Å²) in [6, 6.07) is 10.4. The van der Waals surface area contributed by atoms with Crippen molar-refractivity contribution in [3.63, 3.8) is 0 Å². The molecule has 0 spiro atoms. The molecule has 6 nitrogen and oxygen atoms in total. The van der Waals surface area contributed by atoms with E-state index in [0.29, 0.717) is 11.4 Å². The molecular formula is C16H21N5O. The van der Waals surface area contributed by atoms with Gasteiger partial charge in [-0.3, -0.25) is 14.7 Å². The lowest BCUT2D eigenvalue weighted by molar-refractivity contribution is 0.249. The van der Waals surface area contributed by atoms with Gasteiger partial charge in [-0.25, -0.2) is 4.98 Å². The summed E-state index contributed by atoms with van der Waals surface area (Å²) in [6.07, 6.45) is 0. The Morgan fingerprint density at radius 2 is 1.86 bits per heavy atom. The Morgan fingerprint density at radius 1 is 1.18 bits per heavy atom. The van der Waals surface area contributed by atoms with E-state index in [9.17, 15) is 4.79 Å². The summed E-state index contributed by atoms with van der Waals surface area (Å²) in [5.74, 6) is 0.175. The normalized spacial score (nSPS) is 16.0. The van der Waals surface area contributed by atoms with Crippen LogP contribution in [0.1, 0.15) is 11.3 Å². The van der Waals surface area contributed by atoms with Gasteiger partial charge in [-0.15, -0.1) is 0 Å². The summed E-state index contributed by atoms with van der Waals surface area (Å²) in [5.41, 5.74) is 8.08. The summed E-state index contributed by atoms with van der Waals surface area (Å²) in [5, 5.41) is 0. The molecule has 1 aromatic carbocycles. The van der Waals surface area contributed by atoms with Crippen LogP contribution in [0.4, 0.5) is 11.6 Å². The molecule has 1 aliphatic rings. The second kappa shape index (κ2) is 6.19. The molecule has 0 radical (unpaired) electrons. The van der Waals surface area contributed by atoms with Crippen LogP contribution in [0.5, 0.6) is 0 Å². The molecule has 6 heteroatoms. The molecule has 2 aromatic rings. The van der Waals surface area contributed by atoms with E-state index in [0.717, 1.165) is 32.7 Å². The van der Waals surface area contributed by atoms with Crippen molar-refractivity contribution in [3.8, 4) is 0 Å². The van der Waals surface area contributed by atoms with Gasteiger partial charge in [0, 0.05) is 32.7 Å². The molecule has 1 saturated heterocycles. The van der Waals surface area contributed by atoms with Gasteiger partial charge in [-0.05, 0) is 12.5 Å². The van der Waals surface area contributed by atoms with Crippen LogP contribution in [0.3, 0.4) is 0 Å². The fourth-order valence-corrected chi connectivity index (χ4v) is 2.95. The molecule has 0 atom stereocenters.